The van der Waals surface area contributed by atoms with Gasteiger partial charge in [-0.05, 0) is 18.4 Å². The van der Waals surface area contributed by atoms with Crippen LogP contribution in [-0.4, -0.2) is 35.9 Å². The van der Waals surface area contributed by atoms with Crippen molar-refractivity contribution in [3.8, 4) is 0 Å². The molecule has 4 nitrogen and oxygen atoms in total. The zero-order valence-corrected chi connectivity index (χ0v) is 13.1. The van der Waals surface area contributed by atoms with Crippen molar-refractivity contribution in [1.29, 1.82) is 0 Å². The highest BCUT2D eigenvalue weighted by Crippen LogP contribution is 2.51. The van der Waals surface area contributed by atoms with E-state index in [0.29, 0.717) is 19.4 Å². The van der Waals surface area contributed by atoms with Crippen LogP contribution in [0.4, 0.5) is 0 Å². The number of hydrogen-bond donors (Lipinski definition) is 2. The zero-order chi connectivity index (χ0) is 14.8. The van der Waals surface area contributed by atoms with E-state index in [0.717, 1.165) is 4.88 Å². The van der Waals surface area contributed by atoms with E-state index >= 15 is 0 Å². The molecule has 1 amide bonds. The van der Waals surface area contributed by atoms with Crippen molar-refractivity contribution in [1.82, 2.24) is 5.32 Å². The molecule has 20 heavy (non-hydrogen) atoms. The fraction of sp³-hybridized carbons (Fsp3) is 0.667. The van der Waals surface area contributed by atoms with Gasteiger partial charge in [-0.15, -0.1) is 11.3 Å². The zero-order valence-electron chi connectivity index (χ0n) is 12.3. The number of aliphatic hydroxyl groups is 1. The number of rotatable bonds is 6. The Balaban J connectivity index is 2.00. The molecule has 0 bridgehead atoms. The predicted molar refractivity (Wildman–Crippen MR) is 79.8 cm³/mol. The summed E-state index contributed by atoms with van der Waals surface area (Å²) in [6.07, 6.45) is 1.12. The third-order valence-corrected chi connectivity index (χ3v) is 5.38. The summed E-state index contributed by atoms with van der Waals surface area (Å²) in [5, 5.41) is 14.8. The quantitative estimate of drug-likeness (QED) is 0.844. The highest BCUT2D eigenvalue weighted by molar-refractivity contribution is 7.10. The molecule has 2 rings (SSSR count). The number of aliphatic hydroxyl groups excluding tert-OH is 1. The summed E-state index contributed by atoms with van der Waals surface area (Å²) < 4.78 is 5.68. The van der Waals surface area contributed by atoms with Crippen LogP contribution in [-0.2, 0) is 16.0 Å². The van der Waals surface area contributed by atoms with Gasteiger partial charge in [-0.3, -0.25) is 4.79 Å². The second kappa shape index (κ2) is 5.84. The van der Waals surface area contributed by atoms with E-state index in [1.54, 1.807) is 11.3 Å². The second-order valence-corrected chi connectivity index (χ2v) is 6.95. The van der Waals surface area contributed by atoms with Crippen LogP contribution in [0.5, 0.6) is 0 Å². The summed E-state index contributed by atoms with van der Waals surface area (Å²) in [7, 11) is 0. The van der Waals surface area contributed by atoms with Gasteiger partial charge in [-0.2, -0.15) is 0 Å². The Kier molecular flexibility index (Phi) is 4.52. The van der Waals surface area contributed by atoms with Crippen molar-refractivity contribution >= 4 is 17.2 Å². The molecule has 112 valence electrons. The molecule has 0 aromatic carbocycles. The molecule has 1 aliphatic rings. The molecule has 0 unspecified atom stereocenters. The first-order chi connectivity index (χ1) is 9.45. The lowest BCUT2D eigenvalue weighted by atomic mass is 9.54. The van der Waals surface area contributed by atoms with Gasteiger partial charge < -0.3 is 15.2 Å². The van der Waals surface area contributed by atoms with Crippen molar-refractivity contribution in [2.24, 2.45) is 5.41 Å². The van der Waals surface area contributed by atoms with Crippen molar-refractivity contribution in [3.63, 3.8) is 0 Å². The van der Waals surface area contributed by atoms with Crippen LogP contribution in [0.15, 0.2) is 17.5 Å². The summed E-state index contributed by atoms with van der Waals surface area (Å²) in [6, 6.07) is 3.89. The fourth-order valence-corrected chi connectivity index (χ4v) is 3.59. The van der Waals surface area contributed by atoms with Crippen LogP contribution in [0, 0.1) is 5.41 Å². The van der Waals surface area contributed by atoms with E-state index in [9.17, 15) is 9.90 Å². The molecule has 0 aliphatic heterocycles. The van der Waals surface area contributed by atoms with Crippen molar-refractivity contribution in [2.45, 2.75) is 45.3 Å². The van der Waals surface area contributed by atoms with Crippen LogP contribution in [0.1, 0.15) is 32.1 Å². The Labute approximate surface area is 124 Å². The van der Waals surface area contributed by atoms with E-state index in [-0.39, 0.29) is 24.0 Å². The third kappa shape index (κ3) is 2.62. The molecule has 0 radical (unpaired) electrons. The Morgan fingerprint density at radius 2 is 2.35 bits per heavy atom. The fourth-order valence-electron chi connectivity index (χ4n) is 2.88. The van der Waals surface area contributed by atoms with E-state index in [1.165, 1.54) is 0 Å². The molecular formula is C15H23NO3S. The largest absolute Gasteiger partial charge is 0.394 e. The number of nitrogens with one attached hydrogen (secondary N) is 1. The average molecular weight is 297 g/mol. The standard InChI is InChI=1S/C15H23NO3S/c1-4-19-12-9-15(10-17,14(12,2)3)16-13(18)8-11-6-5-7-20-11/h5-7,12,17H,4,8-10H2,1-3H3,(H,16,18)/t12-,15+/m0/s1. The maximum Gasteiger partial charge on any atom is 0.225 e. The summed E-state index contributed by atoms with van der Waals surface area (Å²) in [5.41, 5.74) is -0.829. The highest BCUT2D eigenvalue weighted by atomic mass is 32.1. The Bertz CT molecular complexity index is 458. The van der Waals surface area contributed by atoms with Crippen LogP contribution in [0.2, 0.25) is 0 Å². The first kappa shape index (κ1) is 15.5. The van der Waals surface area contributed by atoms with E-state index in [1.807, 2.05) is 38.3 Å². The molecule has 2 atom stereocenters. The smallest absolute Gasteiger partial charge is 0.225 e. The van der Waals surface area contributed by atoms with Gasteiger partial charge in [0.2, 0.25) is 5.91 Å². The number of hydrogen-bond acceptors (Lipinski definition) is 4. The normalized spacial score (nSPS) is 27.9. The summed E-state index contributed by atoms with van der Waals surface area (Å²) >= 11 is 1.57. The highest BCUT2D eigenvalue weighted by Gasteiger charge is 2.61. The minimum atomic E-state index is -0.568. The van der Waals surface area contributed by atoms with Gasteiger partial charge in [0.15, 0.2) is 0 Å². The number of amides is 1. The lowest BCUT2D eigenvalue weighted by molar-refractivity contribution is -0.180. The van der Waals surface area contributed by atoms with Crippen LogP contribution in [0.25, 0.3) is 0 Å². The predicted octanol–water partition coefficient (Wildman–Crippen LogP) is 1.97. The van der Waals surface area contributed by atoms with Gasteiger partial charge in [-0.25, -0.2) is 0 Å². The minimum Gasteiger partial charge on any atom is -0.394 e. The number of ether oxygens (including phenoxy) is 1. The maximum atomic E-state index is 12.2. The van der Waals surface area contributed by atoms with Gasteiger partial charge in [0.05, 0.1) is 24.7 Å². The molecule has 0 spiro atoms. The van der Waals surface area contributed by atoms with Gasteiger partial charge in [0.25, 0.3) is 0 Å². The monoisotopic (exact) mass is 297 g/mol. The number of carbonyl (C=O) groups excluding carboxylic acids is 1. The summed E-state index contributed by atoms with van der Waals surface area (Å²) in [6.45, 7) is 6.64. The maximum absolute atomic E-state index is 12.2. The van der Waals surface area contributed by atoms with Gasteiger partial charge in [0, 0.05) is 23.3 Å². The molecule has 1 heterocycles. The van der Waals surface area contributed by atoms with Gasteiger partial charge in [-0.1, -0.05) is 19.9 Å². The van der Waals surface area contributed by atoms with Gasteiger partial charge in [0.1, 0.15) is 0 Å². The summed E-state index contributed by atoms with van der Waals surface area (Å²) in [4.78, 5) is 13.2. The minimum absolute atomic E-state index is 0.0375. The Morgan fingerprint density at radius 3 is 2.85 bits per heavy atom. The lowest BCUT2D eigenvalue weighted by Crippen LogP contribution is -2.74. The van der Waals surface area contributed by atoms with Gasteiger partial charge >= 0.3 is 0 Å². The average Bonchev–Trinajstić information content (AvgIpc) is 2.89. The molecule has 1 aromatic rings. The molecule has 1 fully saturated rings. The molecule has 1 aliphatic carbocycles. The number of carbonyl (C=O) groups is 1. The number of thiophene rings is 1. The molecule has 1 saturated carbocycles. The molecule has 1 aromatic heterocycles. The van der Waals surface area contributed by atoms with Crippen molar-refractivity contribution in [3.05, 3.63) is 22.4 Å². The van der Waals surface area contributed by atoms with E-state index in [4.69, 9.17) is 4.74 Å². The Morgan fingerprint density at radius 1 is 1.60 bits per heavy atom. The first-order valence-electron chi connectivity index (χ1n) is 7.01. The summed E-state index contributed by atoms with van der Waals surface area (Å²) in [5.74, 6) is -0.0375. The molecule has 0 saturated heterocycles. The van der Waals surface area contributed by atoms with Crippen molar-refractivity contribution < 1.29 is 14.6 Å². The van der Waals surface area contributed by atoms with Crippen LogP contribution in [0.3, 0.4) is 0 Å². The molecule has 5 heteroatoms. The van der Waals surface area contributed by atoms with Crippen molar-refractivity contribution in [2.75, 3.05) is 13.2 Å². The first-order valence-corrected chi connectivity index (χ1v) is 7.89. The molecule has 2 N–H and O–H groups in total. The Hall–Kier alpha value is -0.910. The van der Waals surface area contributed by atoms with E-state index < -0.39 is 5.54 Å². The lowest BCUT2D eigenvalue weighted by Gasteiger charge is -2.60. The third-order valence-electron chi connectivity index (χ3n) is 4.50. The topological polar surface area (TPSA) is 58.6 Å². The molecular weight excluding hydrogens is 274 g/mol. The van der Waals surface area contributed by atoms with Crippen LogP contribution >= 0.6 is 11.3 Å². The second-order valence-electron chi connectivity index (χ2n) is 5.91. The van der Waals surface area contributed by atoms with Crippen LogP contribution < -0.4 is 5.32 Å². The SMILES string of the molecule is CCO[C@H]1C[C@](CO)(NC(=O)Cc2cccs2)C1(C)C. The van der Waals surface area contributed by atoms with E-state index in [2.05, 4.69) is 5.32 Å².